The number of aromatic nitrogens is 2. The first kappa shape index (κ1) is 15.2. The fraction of sp³-hybridized carbons (Fsp3) is 0.214. The molecule has 2 aromatic rings. The number of pyridine rings is 1. The summed E-state index contributed by atoms with van der Waals surface area (Å²) >= 11 is 1.17. The van der Waals surface area contributed by atoms with Gasteiger partial charge in [0, 0.05) is 18.0 Å². The van der Waals surface area contributed by atoms with Crippen molar-refractivity contribution in [2.45, 2.75) is 19.0 Å². The normalized spacial score (nSPS) is 17.8. The molecule has 0 aliphatic carbocycles. The summed E-state index contributed by atoms with van der Waals surface area (Å²) < 4.78 is 6.65. The van der Waals surface area contributed by atoms with Gasteiger partial charge in [-0.25, -0.2) is 4.98 Å². The van der Waals surface area contributed by atoms with E-state index in [4.69, 9.17) is 10.2 Å². The first-order valence-corrected chi connectivity index (χ1v) is 7.59. The Bertz CT molecular complexity index is 828. The van der Waals surface area contributed by atoms with Gasteiger partial charge in [-0.2, -0.15) is 0 Å². The third kappa shape index (κ3) is 2.82. The molecule has 0 aromatic carbocycles. The van der Waals surface area contributed by atoms with E-state index in [1.807, 2.05) is 0 Å². The molecule has 0 saturated carbocycles. The first-order valence-electron chi connectivity index (χ1n) is 6.71. The molecule has 1 unspecified atom stereocenters. The van der Waals surface area contributed by atoms with Crippen LogP contribution in [0.3, 0.4) is 0 Å². The molecule has 1 atom stereocenters. The van der Waals surface area contributed by atoms with Gasteiger partial charge in [-0.05, 0) is 13.0 Å². The molecule has 3 heterocycles. The third-order valence-corrected chi connectivity index (χ3v) is 4.86. The van der Waals surface area contributed by atoms with Crippen molar-refractivity contribution >= 4 is 17.7 Å². The summed E-state index contributed by atoms with van der Waals surface area (Å²) in [5.74, 6) is -0.222. The van der Waals surface area contributed by atoms with Crippen LogP contribution in [-0.2, 0) is 11.3 Å². The van der Waals surface area contributed by atoms with E-state index in [9.17, 15) is 14.7 Å². The topological polar surface area (TPSA) is 115 Å². The molecule has 3 N–H and O–H groups in total. The van der Waals surface area contributed by atoms with Crippen LogP contribution >= 0.6 is 11.8 Å². The minimum absolute atomic E-state index is 0.117. The number of aromatic hydroxyl groups is 1. The molecule has 0 fully saturated rings. The van der Waals surface area contributed by atoms with Crippen molar-refractivity contribution in [3.63, 3.8) is 0 Å². The summed E-state index contributed by atoms with van der Waals surface area (Å²) in [6.45, 7) is 2.03. The molecule has 120 valence electrons. The van der Waals surface area contributed by atoms with Crippen molar-refractivity contribution in [2.24, 2.45) is 5.73 Å². The average molecular weight is 334 g/mol. The average Bonchev–Trinajstić information content (AvgIpc) is 3.09. The van der Waals surface area contributed by atoms with Crippen molar-refractivity contribution in [1.82, 2.24) is 14.5 Å². The van der Waals surface area contributed by atoms with Gasteiger partial charge in [0.1, 0.15) is 12.0 Å². The number of nitrogens with zero attached hydrogens (tertiary/aromatic N) is 3. The van der Waals surface area contributed by atoms with Crippen LogP contribution in [0, 0.1) is 0 Å². The molecular weight excluding hydrogens is 320 g/mol. The maximum absolute atomic E-state index is 12.1. The highest BCUT2D eigenvalue weighted by Crippen LogP contribution is 2.44. The molecule has 0 saturated heterocycles. The quantitative estimate of drug-likeness (QED) is 0.856. The number of amides is 1. The van der Waals surface area contributed by atoms with Crippen LogP contribution < -0.4 is 11.3 Å². The lowest BCUT2D eigenvalue weighted by molar-refractivity contribution is -0.114. The van der Waals surface area contributed by atoms with Gasteiger partial charge >= 0.3 is 0 Å². The fourth-order valence-electron chi connectivity index (χ4n) is 2.33. The predicted molar refractivity (Wildman–Crippen MR) is 82.9 cm³/mol. The maximum Gasteiger partial charge on any atom is 0.257 e. The van der Waals surface area contributed by atoms with Crippen LogP contribution in [0.25, 0.3) is 0 Å². The number of thioether (sulfide) groups is 1. The predicted octanol–water partition coefficient (Wildman–Crippen LogP) is 0.964. The number of nitrogens with two attached hydrogens (primary N) is 1. The molecule has 1 amide bonds. The molecule has 2 aromatic heterocycles. The highest BCUT2D eigenvalue weighted by molar-refractivity contribution is 8.04. The lowest BCUT2D eigenvalue weighted by atomic mass is 10.3. The van der Waals surface area contributed by atoms with E-state index in [2.05, 4.69) is 4.98 Å². The van der Waals surface area contributed by atoms with E-state index in [-0.39, 0.29) is 12.3 Å². The van der Waals surface area contributed by atoms with Crippen LogP contribution in [0.15, 0.2) is 50.6 Å². The Morgan fingerprint density at radius 2 is 2.35 bits per heavy atom. The minimum Gasteiger partial charge on any atom is -0.508 e. The Morgan fingerprint density at radius 1 is 1.57 bits per heavy atom. The van der Waals surface area contributed by atoms with Gasteiger partial charge in [0.15, 0.2) is 5.50 Å². The molecule has 0 bridgehead atoms. The standard InChI is InChI=1S/C14H14N4O4S/c1-8-12(13(15)21)23-14(17-4-2-9(19)6-11(17)20)18(8)7-10-16-3-5-22-10/h2-6,14,19H,7H2,1H3,(H2,15,21). The van der Waals surface area contributed by atoms with Crippen molar-refractivity contribution < 1.29 is 14.3 Å². The molecule has 1 aliphatic rings. The second kappa shape index (κ2) is 5.84. The number of oxazole rings is 1. The first-order chi connectivity index (χ1) is 11.0. The molecule has 8 nitrogen and oxygen atoms in total. The van der Waals surface area contributed by atoms with Crippen LogP contribution in [0.5, 0.6) is 5.75 Å². The van der Waals surface area contributed by atoms with Crippen molar-refractivity contribution in [2.75, 3.05) is 0 Å². The number of allylic oxidation sites excluding steroid dienone is 1. The Balaban J connectivity index is 2.01. The Morgan fingerprint density at radius 3 is 2.96 bits per heavy atom. The van der Waals surface area contributed by atoms with Gasteiger partial charge in [-0.1, -0.05) is 11.8 Å². The molecular formula is C14H14N4O4S. The molecule has 3 rings (SSSR count). The summed E-state index contributed by atoms with van der Waals surface area (Å²) in [6, 6.07) is 2.52. The Kier molecular flexibility index (Phi) is 3.87. The lowest BCUT2D eigenvalue weighted by Gasteiger charge is -2.27. The smallest absolute Gasteiger partial charge is 0.257 e. The van der Waals surface area contributed by atoms with E-state index in [1.165, 1.54) is 41.1 Å². The minimum atomic E-state index is -0.556. The van der Waals surface area contributed by atoms with Crippen molar-refractivity contribution in [3.8, 4) is 5.75 Å². The van der Waals surface area contributed by atoms with E-state index < -0.39 is 17.0 Å². The van der Waals surface area contributed by atoms with Crippen molar-refractivity contribution in [1.29, 1.82) is 0 Å². The lowest BCUT2D eigenvalue weighted by Crippen LogP contribution is -2.31. The summed E-state index contributed by atoms with van der Waals surface area (Å²) in [5.41, 5.74) is 5.15. The van der Waals surface area contributed by atoms with Gasteiger partial charge in [0.25, 0.3) is 11.5 Å². The van der Waals surface area contributed by atoms with Gasteiger partial charge in [-0.15, -0.1) is 0 Å². The highest BCUT2D eigenvalue weighted by Gasteiger charge is 2.35. The number of hydrogen-bond donors (Lipinski definition) is 2. The van der Waals surface area contributed by atoms with Crippen molar-refractivity contribution in [3.05, 3.63) is 57.6 Å². The summed E-state index contributed by atoms with van der Waals surface area (Å²) in [4.78, 5) is 30.0. The maximum atomic E-state index is 12.1. The number of hydrogen-bond acceptors (Lipinski definition) is 7. The molecule has 23 heavy (non-hydrogen) atoms. The van der Waals surface area contributed by atoms with E-state index in [1.54, 1.807) is 11.8 Å². The number of carbonyl (C=O) groups excluding carboxylic acids is 1. The second-order valence-corrected chi connectivity index (χ2v) is 5.97. The van der Waals surface area contributed by atoms with Crippen LogP contribution in [0.4, 0.5) is 0 Å². The van der Waals surface area contributed by atoms with Gasteiger partial charge in [-0.3, -0.25) is 14.2 Å². The zero-order valence-corrected chi connectivity index (χ0v) is 13.0. The largest absolute Gasteiger partial charge is 0.508 e. The van der Waals surface area contributed by atoms with Gasteiger partial charge in [0.05, 0.1) is 17.6 Å². The number of rotatable bonds is 4. The molecule has 0 radical (unpaired) electrons. The second-order valence-electron chi connectivity index (χ2n) is 4.91. The molecule has 0 spiro atoms. The van der Waals surface area contributed by atoms with E-state index in [0.29, 0.717) is 16.5 Å². The SMILES string of the molecule is CC1=C(C(N)=O)SC(n2ccc(O)cc2=O)N1Cc1ncco1. The Hall–Kier alpha value is -2.68. The summed E-state index contributed by atoms with van der Waals surface area (Å²) in [5, 5.41) is 9.40. The number of carbonyl (C=O) groups is 1. The van der Waals surface area contributed by atoms with Crippen LogP contribution in [0.1, 0.15) is 18.3 Å². The van der Waals surface area contributed by atoms with Crippen LogP contribution in [-0.4, -0.2) is 25.5 Å². The number of primary amides is 1. The fourth-order valence-corrected chi connectivity index (χ4v) is 3.59. The third-order valence-electron chi connectivity index (χ3n) is 3.43. The molecule has 9 heteroatoms. The highest BCUT2D eigenvalue weighted by atomic mass is 32.2. The zero-order valence-electron chi connectivity index (χ0n) is 12.2. The Labute approximate surface area is 135 Å². The van der Waals surface area contributed by atoms with Gasteiger partial charge < -0.3 is 20.2 Å². The summed E-state index contributed by atoms with van der Waals surface area (Å²) in [7, 11) is 0. The van der Waals surface area contributed by atoms with Gasteiger partial charge in [0.2, 0.25) is 5.89 Å². The molecule has 1 aliphatic heterocycles. The summed E-state index contributed by atoms with van der Waals surface area (Å²) in [6.07, 6.45) is 4.44. The van der Waals surface area contributed by atoms with Crippen LogP contribution in [0.2, 0.25) is 0 Å². The zero-order chi connectivity index (χ0) is 16.6. The monoisotopic (exact) mass is 334 g/mol. The van der Waals surface area contributed by atoms with E-state index >= 15 is 0 Å². The van der Waals surface area contributed by atoms with E-state index in [0.717, 1.165) is 6.07 Å².